The van der Waals surface area contributed by atoms with Crippen LogP contribution in [0.1, 0.15) is 20.8 Å². The maximum Gasteiger partial charge on any atom is 0.0126 e. The Labute approximate surface area is 39.5 Å². The molecule has 0 fully saturated rings. The summed E-state index contributed by atoms with van der Waals surface area (Å²) in [7, 11) is 0. The van der Waals surface area contributed by atoms with Crippen LogP contribution in [0, 0.1) is 6.42 Å². The second kappa shape index (κ2) is 1.61. The predicted octanol–water partition coefficient (Wildman–Crippen LogP) is 0.948. The molecule has 2 N–H and O–H groups in total. The highest BCUT2D eigenvalue weighted by atomic mass is 14.7. The summed E-state index contributed by atoms with van der Waals surface area (Å²) in [5.74, 6) is 0. The van der Waals surface area contributed by atoms with Gasteiger partial charge in [-0.3, -0.25) is 0 Å². The molecular weight excluding hydrogens is 74.1 g/mol. The molecule has 0 aliphatic rings. The van der Waals surface area contributed by atoms with Gasteiger partial charge in [-0.1, -0.05) is 6.92 Å². The first-order chi connectivity index (χ1) is 2.56. The van der Waals surface area contributed by atoms with Gasteiger partial charge in [-0.2, -0.15) is 0 Å². The molecule has 0 saturated heterocycles. The van der Waals surface area contributed by atoms with E-state index in [-0.39, 0.29) is 5.54 Å². The Hall–Kier alpha value is -0.0400. The third kappa shape index (κ3) is 3.96. The second-order valence-corrected chi connectivity index (χ2v) is 2.11. The van der Waals surface area contributed by atoms with Gasteiger partial charge in [-0.25, -0.2) is 0 Å². The van der Waals surface area contributed by atoms with Gasteiger partial charge in [0.1, 0.15) is 0 Å². The summed E-state index contributed by atoms with van der Waals surface area (Å²) in [5.41, 5.74) is 5.40. The molecule has 0 aromatic carbocycles. The van der Waals surface area contributed by atoms with Gasteiger partial charge >= 0.3 is 0 Å². The highest BCUT2D eigenvalue weighted by molar-refractivity contribution is 4.84. The molecule has 6 heavy (non-hydrogen) atoms. The van der Waals surface area contributed by atoms with E-state index in [1.807, 2.05) is 27.2 Å². The highest BCUT2D eigenvalue weighted by Gasteiger charge is 2.03. The van der Waals surface area contributed by atoms with Gasteiger partial charge in [0.25, 0.3) is 0 Å². The average Bonchev–Trinajstić information content (AvgIpc) is 1.35. The maximum atomic E-state index is 5.48. The van der Waals surface area contributed by atoms with Gasteiger partial charge in [0.15, 0.2) is 0 Å². The van der Waals surface area contributed by atoms with E-state index < -0.39 is 0 Å². The van der Waals surface area contributed by atoms with Crippen LogP contribution in [0.5, 0.6) is 0 Å². The summed E-state index contributed by atoms with van der Waals surface area (Å²) in [4.78, 5) is 0. The van der Waals surface area contributed by atoms with Crippen LogP contribution >= 0.6 is 0 Å². The molecule has 0 rings (SSSR count). The van der Waals surface area contributed by atoms with Crippen molar-refractivity contribution in [2.24, 2.45) is 5.73 Å². The SMILES string of the molecule is C[CH]C(C)(C)N. The zero-order valence-corrected chi connectivity index (χ0v) is 4.65. The Morgan fingerprint density at radius 1 is 1.50 bits per heavy atom. The number of nitrogens with two attached hydrogens (primary N) is 1. The standard InChI is InChI=1S/C5H12N/c1-4-5(2,3)6/h4H,6H2,1-3H3. The first-order valence-corrected chi connectivity index (χ1v) is 2.15. The number of hydrogen-bond acceptors (Lipinski definition) is 1. The zero-order chi connectivity index (χ0) is 5.21. The van der Waals surface area contributed by atoms with Gasteiger partial charge in [-0.05, 0) is 20.3 Å². The molecule has 0 spiro atoms. The van der Waals surface area contributed by atoms with Crippen molar-refractivity contribution >= 4 is 0 Å². The molecule has 1 nitrogen and oxygen atoms in total. The Bertz CT molecular complexity index is 33.7. The van der Waals surface area contributed by atoms with Crippen molar-refractivity contribution < 1.29 is 0 Å². The molecule has 1 radical (unpaired) electrons. The van der Waals surface area contributed by atoms with E-state index in [0.29, 0.717) is 0 Å². The van der Waals surface area contributed by atoms with Gasteiger partial charge in [-0.15, -0.1) is 0 Å². The quantitative estimate of drug-likeness (QED) is 0.505. The topological polar surface area (TPSA) is 26.0 Å². The van der Waals surface area contributed by atoms with Crippen molar-refractivity contribution in [3.63, 3.8) is 0 Å². The van der Waals surface area contributed by atoms with Crippen molar-refractivity contribution in [2.75, 3.05) is 0 Å². The first kappa shape index (κ1) is 5.96. The Balaban J connectivity index is 3.17. The lowest BCUT2D eigenvalue weighted by atomic mass is 10.1. The lowest BCUT2D eigenvalue weighted by Gasteiger charge is -2.12. The van der Waals surface area contributed by atoms with Crippen LogP contribution < -0.4 is 5.73 Å². The van der Waals surface area contributed by atoms with Crippen molar-refractivity contribution in [1.82, 2.24) is 0 Å². The predicted molar refractivity (Wildman–Crippen MR) is 28.2 cm³/mol. The Morgan fingerprint density at radius 2 is 1.67 bits per heavy atom. The summed E-state index contributed by atoms with van der Waals surface area (Å²) in [5, 5.41) is 0. The Kier molecular flexibility index (Phi) is 1.59. The molecule has 0 amide bonds. The molecule has 0 saturated carbocycles. The monoisotopic (exact) mass is 86.1 g/mol. The van der Waals surface area contributed by atoms with Crippen LogP contribution in [0.2, 0.25) is 0 Å². The summed E-state index contributed by atoms with van der Waals surface area (Å²) in [6.07, 6.45) is 1.97. The minimum absolute atomic E-state index is 0.0833. The highest BCUT2D eigenvalue weighted by Crippen LogP contribution is 1.97. The molecule has 0 heterocycles. The molecule has 0 aromatic heterocycles. The van der Waals surface area contributed by atoms with Crippen LogP contribution in [-0.4, -0.2) is 5.54 Å². The molecule has 0 aliphatic carbocycles. The minimum Gasteiger partial charge on any atom is -0.325 e. The van der Waals surface area contributed by atoms with Crippen LogP contribution in [0.4, 0.5) is 0 Å². The molecule has 0 atom stereocenters. The lowest BCUT2D eigenvalue weighted by molar-refractivity contribution is 0.604. The first-order valence-electron chi connectivity index (χ1n) is 2.15. The summed E-state index contributed by atoms with van der Waals surface area (Å²) < 4.78 is 0. The van der Waals surface area contributed by atoms with E-state index in [1.165, 1.54) is 0 Å². The van der Waals surface area contributed by atoms with Crippen LogP contribution in [-0.2, 0) is 0 Å². The van der Waals surface area contributed by atoms with E-state index in [1.54, 1.807) is 0 Å². The second-order valence-electron chi connectivity index (χ2n) is 2.11. The maximum absolute atomic E-state index is 5.48. The largest absolute Gasteiger partial charge is 0.325 e. The van der Waals surface area contributed by atoms with E-state index in [4.69, 9.17) is 5.73 Å². The third-order valence-corrected chi connectivity index (χ3v) is 0.744. The minimum atomic E-state index is -0.0833. The summed E-state index contributed by atoms with van der Waals surface area (Å²) in [6, 6.07) is 0. The smallest absolute Gasteiger partial charge is 0.0126 e. The van der Waals surface area contributed by atoms with Crippen LogP contribution in [0.25, 0.3) is 0 Å². The van der Waals surface area contributed by atoms with Crippen molar-refractivity contribution in [3.8, 4) is 0 Å². The normalized spacial score (nSPS) is 12.0. The van der Waals surface area contributed by atoms with Crippen molar-refractivity contribution in [3.05, 3.63) is 6.42 Å². The van der Waals surface area contributed by atoms with Gasteiger partial charge < -0.3 is 5.73 Å². The van der Waals surface area contributed by atoms with E-state index in [9.17, 15) is 0 Å². The van der Waals surface area contributed by atoms with E-state index in [0.717, 1.165) is 0 Å². The number of hydrogen-bond donors (Lipinski definition) is 1. The molecular formula is C5H12N. The summed E-state index contributed by atoms with van der Waals surface area (Å²) in [6.45, 7) is 5.89. The molecule has 0 aromatic rings. The molecule has 0 aliphatic heterocycles. The van der Waals surface area contributed by atoms with E-state index >= 15 is 0 Å². The molecule has 37 valence electrons. The molecule has 0 bridgehead atoms. The van der Waals surface area contributed by atoms with Gasteiger partial charge in [0.05, 0.1) is 0 Å². The van der Waals surface area contributed by atoms with E-state index in [2.05, 4.69) is 0 Å². The zero-order valence-electron chi connectivity index (χ0n) is 4.65. The van der Waals surface area contributed by atoms with Gasteiger partial charge in [0, 0.05) is 5.54 Å². The van der Waals surface area contributed by atoms with Crippen molar-refractivity contribution in [1.29, 1.82) is 0 Å². The van der Waals surface area contributed by atoms with Crippen LogP contribution in [0.15, 0.2) is 0 Å². The van der Waals surface area contributed by atoms with Crippen molar-refractivity contribution in [2.45, 2.75) is 26.3 Å². The third-order valence-electron chi connectivity index (χ3n) is 0.744. The van der Waals surface area contributed by atoms with Gasteiger partial charge in [0.2, 0.25) is 0 Å². The number of rotatable bonds is 1. The molecule has 0 unspecified atom stereocenters. The fourth-order valence-corrected chi connectivity index (χ4v) is 0. The fourth-order valence-electron chi connectivity index (χ4n) is 0. The fraction of sp³-hybridized carbons (Fsp3) is 0.800. The summed E-state index contributed by atoms with van der Waals surface area (Å²) >= 11 is 0. The Morgan fingerprint density at radius 3 is 1.67 bits per heavy atom. The lowest BCUT2D eigenvalue weighted by Crippen LogP contribution is -2.30. The average molecular weight is 86.2 g/mol. The molecule has 1 heteroatoms. The van der Waals surface area contributed by atoms with Crippen LogP contribution in [0.3, 0.4) is 0 Å².